The fourth-order valence-electron chi connectivity index (χ4n) is 4.13. The van der Waals surface area contributed by atoms with Gasteiger partial charge in [-0.25, -0.2) is 13.1 Å². The molecule has 1 aliphatic carbocycles. The Morgan fingerprint density at radius 2 is 1.68 bits per heavy atom. The molecule has 1 aromatic carbocycles. The third-order valence-corrected chi connectivity index (χ3v) is 7.08. The molecule has 0 spiro atoms. The van der Waals surface area contributed by atoms with E-state index in [4.69, 9.17) is 11.6 Å². The highest BCUT2D eigenvalue weighted by Crippen LogP contribution is 2.27. The first-order valence-corrected chi connectivity index (χ1v) is 11.5. The number of nitrogens with one attached hydrogen (secondary N) is 1. The van der Waals surface area contributed by atoms with Crippen LogP contribution in [-0.4, -0.2) is 39.0 Å². The monoisotopic (exact) mass is 384 g/mol. The lowest BCUT2D eigenvalue weighted by Crippen LogP contribution is -2.47. The molecular weight excluding hydrogens is 356 g/mol. The molecule has 1 aliphatic heterocycles. The first kappa shape index (κ1) is 19.2. The quantitative estimate of drug-likeness (QED) is 0.811. The average molecular weight is 385 g/mol. The molecule has 0 unspecified atom stereocenters. The van der Waals surface area contributed by atoms with Crippen molar-refractivity contribution in [2.75, 3.05) is 19.6 Å². The fourth-order valence-corrected chi connectivity index (χ4v) is 5.74. The third kappa shape index (κ3) is 5.95. The van der Waals surface area contributed by atoms with Gasteiger partial charge in [0.15, 0.2) is 0 Å². The maximum Gasteiger partial charge on any atom is 0.216 e. The maximum absolute atomic E-state index is 12.6. The Kier molecular flexibility index (Phi) is 6.78. The van der Waals surface area contributed by atoms with E-state index in [-0.39, 0.29) is 11.8 Å². The molecule has 2 atom stereocenters. The van der Waals surface area contributed by atoms with Crippen LogP contribution in [0.5, 0.6) is 0 Å². The molecule has 140 valence electrons. The predicted octanol–water partition coefficient (Wildman–Crippen LogP) is 3.80. The third-order valence-electron chi connectivity index (χ3n) is 5.45. The van der Waals surface area contributed by atoms with Gasteiger partial charge in [0.1, 0.15) is 0 Å². The van der Waals surface area contributed by atoms with Gasteiger partial charge in [-0.1, -0.05) is 43.0 Å². The average Bonchev–Trinajstić information content (AvgIpc) is 2.59. The van der Waals surface area contributed by atoms with Crippen molar-refractivity contribution in [3.63, 3.8) is 0 Å². The van der Waals surface area contributed by atoms with Gasteiger partial charge in [0, 0.05) is 17.6 Å². The molecule has 4 nitrogen and oxygen atoms in total. The predicted molar refractivity (Wildman–Crippen MR) is 103 cm³/mol. The molecular formula is C19H29ClN2O2S. The summed E-state index contributed by atoms with van der Waals surface area (Å²) in [6, 6.07) is 7.13. The van der Waals surface area contributed by atoms with Crippen molar-refractivity contribution in [2.45, 2.75) is 56.7 Å². The van der Waals surface area contributed by atoms with Gasteiger partial charge in [0.25, 0.3) is 0 Å². The van der Waals surface area contributed by atoms with Crippen LogP contribution in [0.15, 0.2) is 24.3 Å². The highest BCUT2D eigenvalue weighted by Gasteiger charge is 2.30. The summed E-state index contributed by atoms with van der Waals surface area (Å²) in [5, 5.41) is 0.628. The number of likely N-dealkylation sites (tertiary alicyclic amines) is 1. The Morgan fingerprint density at radius 1 is 1.00 bits per heavy atom. The van der Waals surface area contributed by atoms with Crippen molar-refractivity contribution in [1.82, 2.24) is 9.62 Å². The molecule has 2 fully saturated rings. The van der Waals surface area contributed by atoms with E-state index in [0.29, 0.717) is 10.9 Å². The molecule has 0 radical (unpaired) electrons. The van der Waals surface area contributed by atoms with Crippen molar-refractivity contribution >= 4 is 21.6 Å². The lowest BCUT2D eigenvalue weighted by atomic mass is 9.84. The van der Waals surface area contributed by atoms with Gasteiger partial charge in [0.05, 0.1) is 5.75 Å². The maximum atomic E-state index is 12.6. The first-order valence-electron chi connectivity index (χ1n) is 9.49. The van der Waals surface area contributed by atoms with E-state index >= 15 is 0 Å². The van der Waals surface area contributed by atoms with Crippen LogP contribution in [0.25, 0.3) is 0 Å². The molecule has 3 rings (SSSR count). The molecule has 6 heteroatoms. The van der Waals surface area contributed by atoms with Crippen LogP contribution in [0.2, 0.25) is 5.02 Å². The molecule has 1 aromatic rings. The second-order valence-electron chi connectivity index (χ2n) is 7.52. The van der Waals surface area contributed by atoms with Gasteiger partial charge >= 0.3 is 0 Å². The largest absolute Gasteiger partial charge is 0.303 e. The normalized spacial score (nSPS) is 25.8. The van der Waals surface area contributed by atoms with Crippen LogP contribution in [0.3, 0.4) is 0 Å². The fraction of sp³-hybridized carbons (Fsp3) is 0.684. The molecule has 1 saturated carbocycles. The van der Waals surface area contributed by atoms with E-state index in [1.54, 1.807) is 24.3 Å². The Bertz CT molecular complexity index is 642. The van der Waals surface area contributed by atoms with E-state index in [1.165, 1.54) is 38.8 Å². The molecule has 1 N–H and O–H groups in total. The molecule has 1 heterocycles. The molecule has 1 saturated heterocycles. The minimum atomic E-state index is -3.33. The minimum Gasteiger partial charge on any atom is -0.303 e. The molecule has 25 heavy (non-hydrogen) atoms. The van der Waals surface area contributed by atoms with Crippen molar-refractivity contribution in [3.8, 4) is 0 Å². The first-order chi connectivity index (χ1) is 12.0. The summed E-state index contributed by atoms with van der Waals surface area (Å²) in [6.07, 6.45) is 8.30. The highest BCUT2D eigenvalue weighted by molar-refractivity contribution is 7.88. The van der Waals surface area contributed by atoms with Gasteiger partial charge in [0.2, 0.25) is 10.0 Å². The standard InChI is InChI=1S/C19H29ClN2O2S/c20-18-10-8-16(9-11-18)15-25(23,24)21-19-7-3-2-6-17(19)14-22-12-4-1-5-13-22/h8-11,17,19,21H,1-7,12-15H2/t17-,19+/m0/s1. The molecule has 0 aromatic heterocycles. The lowest BCUT2D eigenvalue weighted by molar-refractivity contribution is 0.156. The number of sulfonamides is 1. The van der Waals surface area contributed by atoms with Crippen molar-refractivity contribution in [1.29, 1.82) is 0 Å². The van der Waals surface area contributed by atoms with E-state index in [0.717, 1.165) is 31.4 Å². The zero-order valence-electron chi connectivity index (χ0n) is 14.8. The summed E-state index contributed by atoms with van der Waals surface area (Å²) >= 11 is 5.88. The lowest BCUT2D eigenvalue weighted by Gasteiger charge is -2.37. The van der Waals surface area contributed by atoms with E-state index in [1.807, 2.05) is 0 Å². The van der Waals surface area contributed by atoms with Crippen LogP contribution in [0.1, 0.15) is 50.5 Å². The number of rotatable bonds is 6. The summed E-state index contributed by atoms with van der Waals surface area (Å²) in [5.41, 5.74) is 0.778. The SMILES string of the molecule is O=S(=O)(Cc1ccc(Cl)cc1)N[C@@H]1CCCC[C@H]1CN1CCCCC1. The van der Waals surface area contributed by atoms with Gasteiger partial charge in [-0.2, -0.15) is 0 Å². The Morgan fingerprint density at radius 3 is 2.40 bits per heavy atom. The summed E-state index contributed by atoms with van der Waals surface area (Å²) in [7, 11) is -3.33. The Balaban J connectivity index is 1.60. The number of piperidine rings is 1. The van der Waals surface area contributed by atoms with Gasteiger partial charge in [-0.15, -0.1) is 0 Å². The number of hydrogen-bond donors (Lipinski definition) is 1. The Labute approximate surface area is 157 Å². The van der Waals surface area contributed by atoms with Crippen LogP contribution in [-0.2, 0) is 15.8 Å². The second-order valence-corrected chi connectivity index (χ2v) is 9.71. The van der Waals surface area contributed by atoms with Crippen molar-refractivity contribution < 1.29 is 8.42 Å². The van der Waals surface area contributed by atoms with Crippen molar-refractivity contribution in [2.24, 2.45) is 5.92 Å². The van der Waals surface area contributed by atoms with Crippen LogP contribution >= 0.6 is 11.6 Å². The van der Waals surface area contributed by atoms with Crippen LogP contribution in [0, 0.1) is 5.92 Å². The van der Waals surface area contributed by atoms with Crippen LogP contribution in [0.4, 0.5) is 0 Å². The molecule has 0 bridgehead atoms. The smallest absolute Gasteiger partial charge is 0.216 e. The van der Waals surface area contributed by atoms with Gasteiger partial charge in [-0.05, 0) is 62.4 Å². The van der Waals surface area contributed by atoms with Gasteiger partial charge < -0.3 is 4.90 Å². The summed E-state index contributed by atoms with van der Waals surface area (Å²) < 4.78 is 28.3. The van der Waals surface area contributed by atoms with Crippen LogP contribution < -0.4 is 4.72 Å². The summed E-state index contributed by atoms with van der Waals surface area (Å²) in [6.45, 7) is 3.37. The highest BCUT2D eigenvalue weighted by atomic mass is 35.5. The number of halogens is 1. The van der Waals surface area contributed by atoms with Crippen molar-refractivity contribution in [3.05, 3.63) is 34.9 Å². The zero-order valence-corrected chi connectivity index (χ0v) is 16.4. The number of hydrogen-bond acceptors (Lipinski definition) is 3. The van der Waals surface area contributed by atoms with E-state index in [2.05, 4.69) is 9.62 Å². The number of nitrogens with zero attached hydrogens (tertiary/aromatic N) is 1. The minimum absolute atomic E-state index is 0.0249. The molecule has 2 aliphatic rings. The van der Waals surface area contributed by atoms with E-state index < -0.39 is 10.0 Å². The van der Waals surface area contributed by atoms with E-state index in [9.17, 15) is 8.42 Å². The topological polar surface area (TPSA) is 49.4 Å². The second kappa shape index (κ2) is 8.85. The zero-order chi connectivity index (χ0) is 17.7. The summed E-state index contributed by atoms with van der Waals surface area (Å²) in [5.74, 6) is 0.462. The summed E-state index contributed by atoms with van der Waals surface area (Å²) in [4.78, 5) is 2.53. The number of benzene rings is 1. The van der Waals surface area contributed by atoms with Gasteiger partial charge in [-0.3, -0.25) is 0 Å². The Hall–Kier alpha value is -0.620. The molecule has 0 amide bonds.